The molecule has 0 atom stereocenters. The molecule has 3 aromatic rings. The maximum atomic E-state index is 14.1. The van der Waals surface area contributed by atoms with Crippen molar-refractivity contribution in [3.8, 4) is 0 Å². The second-order valence-corrected chi connectivity index (χ2v) is 5.57. The Balaban J connectivity index is 2.19. The zero-order valence-corrected chi connectivity index (χ0v) is 11.9. The van der Waals surface area contributed by atoms with Gasteiger partial charge in [-0.25, -0.2) is 18.7 Å². The van der Waals surface area contributed by atoms with E-state index in [9.17, 15) is 8.78 Å². The van der Waals surface area contributed by atoms with E-state index in [1.807, 2.05) is 5.38 Å². The van der Waals surface area contributed by atoms with Crippen LogP contribution in [0.1, 0.15) is 10.8 Å². The number of rotatable bonds is 4. The van der Waals surface area contributed by atoms with Gasteiger partial charge in [-0.15, -0.1) is 22.9 Å². The standard InChI is InChI=1S/C13H10ClF2N3S/c14-4-3-10-18-9-2-1-8(15)12(16)13(9)19(10)7-11-17-5-6-20-11/h1-2,5-6H,3-4,7H2. The van der Waals surface area contributed by atoms with E-state index in [2.05, 4.69) is 9.97 Å². The van der Waals surface area contributed by atoms with Crippen LogP contribution in [0.5, 0.6) is 0 Å². The number of imidazole rings is 1. The Kier molecular flexibility index (Phi) is 3.67. The van der Waals surface area contributed by atoms with E-state index < -0.39 is 11.6 Å². The van der Waals surface area contributed by atoms with Crippen LogP contribution in [0.3, 0.4) is 0 Å². The van der Waals surface area contributed by atoms with Crippen LogP contribution in [-0.4, -0.2) is 20.4 Å². The molecule has 20 heavy (non-hydrogen) atoms. The summed E-state index contributed by atoms with van der Waals surface area (Å²) in [4.78, 5) is 8.51. The van der Waals surface area contributed by atoms with Crippen molar-refractivity contribution in [2.75, 3.05) is 5.88 Å². The molecule has 0 spiro atoms. The number of aryl methyl sites for hydroxylation is 1. The Morgan fingerprint density at radius 2 is 2.15 bits per heavy atom. The van der Waals surface area contributed by atoms with Crippen LogP contribution >= 0.6 is 22.9 Å². The third-order valence-electron chi connectivity index (χ3n) is 2.97. The van der Waals surface area contributed by atoms with Gasteiger partial charge in [0.25, 0.3) is 0 Å². The summed E-state index contributed by atoms with van der Waals surface area (Å²) in [6, 6.07) is 2.56. The molecule has 0 aliphatic carbocycles. The molecule has 0 unspecified atom stereocenters. The predicted molar refractivity (Wildman–Crippen MR) is 75.3 cm³/mol. The zero-order chi connectivity index (χ0) is 14.1. The summed E-state index contributed by atoms with van der Waals surface area (Å²) < 4.78 is 29.2. The summed E-state index contributed by atoms with van der Waals surface area (Å²) in [5.74, 6) is -0.761. The average molecular weight is 314 g/mol. The van der Waals surface area contributed by atoms with Gasteiger partial charge in [-0.1, -0.05) is 0 Å². The molecule has 2 heterocycles. The molecule has 0 saturated heterocycles. The number of hydrogen-bond acceptors (Lipinski definition) is 3. The van der Waals surface area contributed by atoms with E-state index in [1.54, 1.807) is 10.8 Å². The first-order chi connectivity index (χ1) is 9.70. The van der Waals surface area contributed by atoms with Crippen molar-refractivity contribution >= 4 is 34.0 Å². The number of aromatic nitrogens is 3. The predicted octanol–water partition coefficient (Wildman–Crippen LogP) is 3.60. The number of thiazole rings is 1. The molecule has 0 fully saturated rings. The monoisotopic (exact) mass is 313 g/mol. The van der Waals surface area contributed by atoms with Crippen LogP contribution in [0.2, 0.25) is 0 Å². The molecular formula is C13H10ClF2N3S. The zero-order valence-electron chi connectivity index (χ0n) is 10.3. The maximum absolute atomic E-state index is 14.1. The fraction of sp³-hybridized carbons (Fsp3) is 0.231. The number of benzene rings is 1. The van der Waals surface area contributed by atoms with E-state index >= 15 is 0 Å². The highest BCUT2D eigenvalue weighted by molar-refractivity contribution is 7.09. The molecule has 0 radical (unpaired) electrons. The van der Waals surface area contributed by atoms with Gasteiger partial charge in [0, 0.05) is 23.9 Å². The van der Waals surface area contributed by atoms with E-state index in [0.717, 1.165) is 11.1 Å². The van der Waals surface area contributed by atoms with Gasteiger partial charge in [-0.05, 0) is 12.1 Å². The lowest BCUT2D eigenvalue weighted by molar-refractivity contribution is 0.511. The second kappa shape index (κ2) is 5.46. The average Bonchev–Trinajstić information content (AvgIpc) is 3.04. The summed E-state index contributed by atoms with van der Waals surface area (Å²) in [6.45, 7) is 0.362. The van der Waals surface area contributed by atoms with Gasteiger partial charge in [0.2, 0.25) is 0 Å². The first kappa shape index (κ1) is 13.5. The Morgan fingerprint density at radius 1 is 1.30 bits per heavy atom. The highest BCUT2D eigenvalue weighted by Gasteiger charge is 2.17. The van der Waals surface area contributed by atoms with Crippen molar-refractivity contribution in [1.29, 1.82) is 0 Å². The van der Waals surface area contributed by atoms with Gasteiger partial charge in [-0.3, -0.25) is 0 Å². The Hall–Kier alpha value is -1.53. The topological polar surface area (TPSA) is 30.7 Å². The lowest BCUT2D eigenvalue weighted by atomic mass is 10.3. The minimum atomic E-state index is -0.882. The van der Waals surface area contributed by atoms with Crippen LogP contribution in [0.25, 0.3) is 11.0 Å². The molecule has 0 bridgehead atoms. The van der Waals surface area contributed by atoms with Crippen molar-refractivity contribution < 1.29 is 8.78 Å². The van der Waals surface area contributed by atoms with Crippen LogP contribution in [-0.2, 0) is 13.0 Å². The van der Waals surface area contributed by atoms with E-state index in [-0.39, 0.29) is 5.52 Å². The molecule has 7 heteroatoms. The van der Waals surface area contributed by atoms with Crippen LogP contribution < -0.4 is 0 Å². The van der Waals surface area contributed by atoms with Crippen LogP contribution in [0.15, 0.2) is 23.7 Å². The molecule has 0 amide bonds. The first-order valence-corrected chi connectivity index (χ1v) is 7.39. The smallest absolute Gasteiger partial charge is 0.184 e. The SMILES string of the molecule is Fc1ccc2nc(CCCl)n(Cc3nccs3)c2c1F. The Labute approximate surface area is 122 Å². The summed E-state index contributed by atoms with van der Waals surface area (Å²) >= 11 is 7.21. The molecule has 1 aromatic carbocycles. The second-order valence-electron chi connectivity index (χ2n) is 4.21. The van der Waals surface area contributed by atoms with Gasteiger partial charge in [0.05, 0.1) is 12.1 Å². The third-order valence-corrected chi connectivity index (χ3v) is 3.93. The number of hydrogen-bond donors (Lipinski definition) is 0. The molecule has 0 aliphatic rings. The summed E-state index contributed by atoms with van der Waals surface area (Å²) in [6.07, 6.45) is 2.17. The van der Waals surface area contributed by atoms with Crippen molar-refractivity contribution in [3.63, 3.8) is 0 Å². The molecule has 3 rings (SSSR count). The van der Waals surface area contributed by atoms with E-state index in [4.69, 9.17) is 11.6 Å². The highest BCUT2D eigenvalue weighted by atomic mass is 35.5. The van der Waals surface area contributed by atoms with Crippen molar-refractivity contribution in [1.82, 2.24) is 14.5 Å². The lowest BCUT2D eigenvalue weighted by Gasteiger charge is -2.07. The minimum Gasteiger partial charge on any atom is -0.318 e. The molecule has 0 aliphatic heterocycles. The molecule has 104 valence electrons. The fourth-order valence-electron chi connectivity index (χ4n) is 2.12. The van der Waals surface area contributed by atoms with Crippen molar-refractivity contribution in [3.05, 3.63) is 46.2 Å². The normalized spacial score (nSPS) is 11.3. The number of alkyl halides is 1. The number of fused-ring (bicyclic) bond motifs is 1. The molecule has 0 N–H and O–H groups in total. The summed E-state index contributed by atoms with van der Waals surface area (Å²) in [7, 11) is 0. The highest BCUT2D eigenvalue weighted by Crippen LogP contribution is 2.24. The van der Waals surface area contributed by atoms with Gasteiger partial charge in [0.15, 0.2) is 11.6 Å². The minimum absolute atomic E-state index is 0.167. The maximum Gasteiger partial charge on any atom is 0.184 e. The number of nitrogens with zero attached hydrogens (tertiary/aromatic N) is 3. The van der Waals surface area contributed by atoms with Gasteiger partial charge in [0.1, 0.15) is 16.3 Å². The quantitative estimate of drug-likeness (QED) is 0.689. The largest absolute Gasteiger partial charge is 0.318 e. The van der Waals surface area contributed by atoms with Crippen LogP contribution in [0.4, 0.5) is 8.78 Å². The fourth-order valence-corrected chi connectivity index (χ4v) is 2.89. The molecule has 3 nitrogen and oxygen atoms in total. The third kappa shape index (κ3) is 2.29. The first-order valence-electron chi connectivity index (χ1n) is 5.98. The Bertz CT molecular complexity index is 740. The molecule has 0 saturated carbocycles. The Morgan fingerprint density at radius 3 is 2.85 bits per heavy atom. The van der Waals surface area contributed by atoms with Gasteiger partial charge >= 0.3 is 0 Å². The van der Waals surface area contributed by atoms with Crippen molar-refractivity contribution in [2.24, 2.45) is 0 Å². The molecular weight excluding hydrogens is 304 g/mol. The molecule has 2 aromatic heterocycles. The van der Waals surface area contributed by atoms with E-state index in [0.29, 0.717) is 30.2 Å². The van der Waals surface area contributed by atoms with Gasteiger partial charge < -0.3 is 4.57 Å². The van der Waals surface area contributed by atoms with E-state index in [1.165, 1.54) is 17.4 Å². The van der Waals surface area contributed by atoms with Crippen molar-refractivity contribution in [2.45, 2.75) is 13.0 Å². The van der Waals surface area contributed by atoms with Crippen LogP contribution in [0, 0.1) is 11.6 Å². The number of halogens is 3. The summed E-state index contributed by atoms with van der Waals surface area (Å²) in [5.41, 5.74) is 0.598. The lowest BCUT2D eigenvalue weighted by Crippen LogP contribution is -2.07. The van der Waals surface area contributed by atoms with Gasteiger partial charge in [-0.2, -0.15) is 0 Å². The summed E-state index contributed by atoms with van der Waals surface area (Å²) in [5, 5.41) is 2.65.